The predicted molar refractivity (Wildman–Crippen MR) is 238 cm³/mol. The first-order chi connectivity index (χ1) is 27.8. The Bertz CT molecular complexity index is 990. The third-order valence-electron chi connectivity index (χ3n) is 10.4. The molecule has 0 saturated carbocycles. The Morgan fingerprint density at radius 2 is 0.947 bits per heavy atom. The van der Waals surface area contributed by atoms with Gasteiger partial charge in [-0.2, -0.15) is 0 Å². The maximum Gasteiger partial charge on any atom is 0.472 e. The van der Waals surface area contributed by atoms with Gasteiger partial charge in [-0.05, 0) is 44.9 Å². The first kappa shape index (κ1) is 55.5. The summed E-state index contributed by atoms with van der Waals surface area (Å²) in [5.41, 5.74) is 0. The number of aliphatic hydroxyl groups excluding tert-OH is 1. The predicted octanol–water partition coefficient (Wildman–Crippen LogP) is 13.6. The molecule has 57 heavy (non-hydrogen) atoms. The second-order valence-electron chi connectivity index (χ2n) is 16.1. The van der Waals surface area contributed by atoms with E-state index in [1.54, 1.807) is 0 Å². The molecule has 0 aliphatic heterocycles. The van der Waals surface area contributed by atoms with E-state index in [4.69, 9.17) is 13.8 Å². The van der Waals surface area contributed by atoms with Gasteiger partial charge < -0.3 is 20.1 Å². The Balaban J connectivity index is 3.56. The molecule has 3 N–H and O–H groups in total. The fourth-order valence-electron chi connectivity index (χ4n) is 6.77. The van der Waals surface area contributed by atoms with Crippen LogP contribution in [0.1, 0.15) is 232 Å². The van der Waals surface area contributed by atoms with Crippen LogP contribution in [-0.2, 0) is 27.9 Å². The van der Waals surface area contributed by atoms with Crippen molar-refractivity contribution < 1.29 is 37.9 Å². The topological polar surface area (TPSA) is 131 Å². The quantitative estimate of drug-likeness (QED) is 0.0239. The maximum absolute atomic E-state index is 12.1. The van der Waals surface area contributed by atoms with Gasteiger partial charge in [0.15, 0.2) is 0 Å². The number of phosphoric ester groups is 1. The highest BCUT2D eigenvalue weighted by atomic mass is 31.2. The number of hydrogen-bond acceptors (Lipinski definition) is 7. The standard InChI is InChI=1S/C47H90NO8P/c1-3-5-7-9-11-13-15-17-19-21-22-24-25-27-29-31-33-35-37-39-46(50)48-41-42-55-57(52,53)56-44-45(49)43-54-47(51)40-38-36-34-32-30-28-26-23-20-18-16-14-12-10-8-6-4-2/h11,13,17,19,45,49H,3-10,12,14-16,18,20-44H2,1-2H3,(H,48,50)(H,52,53)/b13-11-,19-17-. The van der Waals surface area contributed by atoms with Crippen LogP contribution in [0.4, 0.5) is 0 Å². The summed E-state index contributed by atoms with van der Waals surface area (Å²) in [6.45, 7) is 3.56. The van der Waals surface area contributed by atoms with Crippen molar-refractivity contribution in [3.05, 3.63) is 24.3 Å². The van der Waals surface area contributed by atoms with Crippen molar-refractivity contribution in [2.45, 2.75) is 238 Å². The highest BCUT2D eigenvalue weighted by Gasteiger charge is 2.23. The first-order valence-electron chi connectivity index (χ1n) is 23.8. The molecule has 0 aromatic carbocycles. The molecular formula is C47H90NO8P. The number of aliphatic hydroxyl groups is 1. The van der Waals surface area contributed by atoms with Crippen LogP contribution >= 0.6 is 7.82 Å². The zero-order valence-corrected chi connectivity index (χ0v) is 37.9. The van der Waals surface area contributed by atoms with E-state index in [1.807, 2.05) is 0 Å². The Kier molecular flexibility index (Phi) is 42.9. The average molecular weight is 828 g/mol. The summed E-state index contributed by atoms with van der Waals surface area (Å²) in [5.74, 6) is -0.512. The van der Waals surface area contributed by atoms with Crippen molar-refractivity contribution in [1.29, 1.82) is 0 Å². The number of amides is 1. The summed E-state index contributed by atoms with van der Waals surface area (Å²) in [6, 6.07) is 0. The Morgan fingerprint density at radius 3 is 1.44 bits per heavy atom. The number of rotatable bonds is 45. The van der Waals surface area contributed by atoms with Gasteiger partial charge in [0.2, 0.25) is 5.91 Å². The van der Waals surface area contributed by atoms with E-state index in [-0.39, 0.29) is 32.1 Å². The molecule has 0 aromatic heterocycles. The number of esters is 1. The third kappa shape index (κ3) is 45.4. The minimum Gasteiger partial charge on any atom is -0.463 e. The fourth-order valence-corrected chi connectivity index (χ4v) is 7.52. The molecule has 0 saturated heterocycles. The van der Waals surface area contributed by atoms with Gasteiger partial charge in [-0.25, -0.2) is 4.57 Å². The van der Waals surface area contributed by atoms with Crippen LogP contribution in [0.5, 0.6) is 0 Å². The van der Waals surface area contributed by atoms with Gasteiger partial charge in [-0.15, -0.1) is 0 Å². The van der Waals surface area contributed by atoms with Crippen LogP contribution in [-0.4, -0.2) is 54.3 Å². The van der Waals surface area contributed by atoms with Crippen molar-refractivity contribution in [1.82, 2.24) is 5.32 Å². The van der Waals surface area contributed by atoms with Crippen LogP contribution in [0, 0.1) is 0 Å². The number of carbonyl (C=O) groups is 2. The molecule has 0 aromatic rings. The van der Waals surface area contributed by atoms with Gasteiger partial charge in [0, 0.05) is 19.4 Å². The first-order valence-corrected chi connectivity index (χ1v) is 25.3. The van der Waals surface area contributed by atoms with Gasteiger partial charge in [0.1, 0.15) is 12.7 Å². The Morgan fingerprint density at radius 1 is 0.544 bits per heavy atom. The Labute approximate surface area is 350 Å². The fraction of sp³-hybridized carbons (Fsp3) is 0.872. The monoisotopic (exact) mass is 828 g/mol. The van der Waals surface area contributed by atoms with Crippen molar-refractivity contribution >= 4 is 19.7 Å². The molecule has 0 aliphatic carbocycles. The smallest absolute Gasteiger partial charge is 0.463 e. The van der Waals surface area contributed by atoms with Crippen LogP contribution in [0.15, 0.2) is 24.3 Å². The van der Waals surface area contributed by atoms with Gasteiger partial charge in [-0.1, -0.05) is 199 Å². The second kappa shape index (κ2) is 44.1. The van der Waals surface area contributed by atoms with E-state index < -0.39 is 26.5 Å². The molecule has 2 unspecified atom stereocenters. The van der Waals surface area contributed by atoms with Crippen molar-refractivity contribution in [3.63, 3.8) is 0 Å². The summed E-state index contributed by atoms with van der Waals surface area (Å²) in [7, 11) is -4.42. The van der Waals surface area contributed by atoms with E-state index in [0.29, 0.717) is 6.42 Å². The van der Waals surface area contributed by atoms with Crippen molar-refractivity contribution in [2.24, 2.45) is 0 Å². The minimum atomic E-state index is -4.42. The molecular weight excluding hydrogens is 737 g/mol. The highest BCUT2D eigenvalue weighted by molar-refractivity contribution is 7.47. The molecule has 9 nitrogen and oxygen atoms in total. The number of unbranched alkanes of at least 4 members (excludes halogenated alkanes) is 28. The molecule has 2 atom stereocenters. The largest absolute Gasteiger partial charge is 0.472 e. The number of hydrogen-bond donors (Lipinski definition) is 3. The normalized spacial score (nSPS) is 13.4. The molecule has 10 heteroatoms. The van der Waals surface area contributed by atoms with E-state index >= 15 is 0 Å². The molecule has 336 valence electrons. The van der Waals surface area contributed by atoms with Gasteiger partial charge in [0.05, 0.1) is 13.2 Å². The van der Waals surface area contributed by atoms with Crippen LogP contribution < -0.4 is 5.32 Å². The number of phosphoric acid groups is 1. The summed E-state index contributed by atoms with van der Waals surface area (Å²) in [6.07, 6.45) is 48.2. The number of allylic oxidation sites excluding steroid dienone is 4. The van der Waals surface area contributed by atoms with Crippen LogP contribution in [0.2, 0.25) is 0 Å². The average Bonchev–Trinajstić information content (AvgIpc) is 3.20. The van der Waals surface area contributed by atoms with E-state index in [1.165, 1.54) is 161 Å². The van der Waals surface area contributed by atoms with Crippen molar-refractivity contribution in [2.75, 3.05) is 26.4 Å². The second-order valence-corrected chi connectivity index (χ2v) is 17.5. The highest BCUT2D eigenvalue weighted by Crippen LogP contribution is 2.42. The zero-order valence-electron chi connectivity index (χ0n) is 37.0. The molecule has 0 bridgehead atoms. The van der Waals surface area contributed by atoms with E-state index in [9.17, 15) is 24.2 Å². The number of carbonyl (C=O) groups excluding carboxylic acids is 2. The third-order valence-corrected chi connectivity index (χ3v) is 11.4. The lowest BCUT2D eigenvalue weighted by Crippen LogP contribution is -2.27. The van der Waals surface area contributed by atoms with Gasteiger partial charge in [0.25, 0.3) is 0 Å². The summed E-state index contributed by atoms with van der Waals surface area (Å²) < 4.78 is 26.9. The van der Waals surface area contributed by atoms with Gasteiger partial charge >= 0.3 is 13.8 Å². The minimum absolute atomic E-state index is 0.0816. The van der Waals surface area contributed by atoms with Crippen LogP contribution in [0.3, 0.4) is 0 Å². The maximum atomic E-state index is 12.1. The lowest BCUT2D eigenvalue weighted by Gasteiger charge is -2.15. The summed E-state index contributed by atoms with van der Waals surface area (Å²) in [5, 5.41) is 12.7. The van der Waals surface area contributed by atoms with E-state index in [2.05, 4.69) is 43.5 Å². The van der Waals surface area contributed by atoms with Crippen molar-refractivity contribution in [3.8, 4) is 0 Å². The lowest BCUT2D eigenvalue weighted by molar-refractivity contribution is -0.147. The molecule has 1 amide bonds. The summed E-state index contributed by atoms with van der Waals surface area (Å²) >= 11 is 0. The zero-order chi connectivity index (χ0) is 41.8. The molecule has 0 radical (unpaired) electrons. The molecule has 0 spiro atoms. The molecule has 0 heterocycles. The SMILES string of the molecule is CCCCC/C=C\C/C=C\CCCCCCCCCCCC(=O)NCCOP(=O)(O)OCC(O)COC(=O)CCCCCCCCCCCCCCCCCCC. The van der Waals surface area contributed by atoms with E-state index in [0.717, 1.165) is 44.9 Å². The van der Waals surface area contributed by atoms with Crippen LogP contribution in [0.25, 0.3) is 0 Å². The van der Waals surface area contributed by atoms with Gasteiger partial charge in [-0.3, -0.25) is 18.6 Å². The molecule has 0 fully saturated rings. The lowest BCUT2D eigenvalue weighted by atomic mass is 10.0. The number of ether oxygens (including phenoxy) is 1. The Hall–Kier alpha value is -1.51. The summed E-state index contributed by atoms with van der Waals surface area (Å²) in [4.78, 5) is 34.0. The molecule has 0 rings (SSSR count). The number of nitrogens with one attached hydrogen (secondary N) is 1. The molecule has 0 aliphatic rings.